The molecule has 0 bridgehead atoms. The Morgan fingerprint density at radius 3 is 2.53 bits per heavy atom. The van der Waals surface area contributed by atoms with Crippen LogP contribution in [-0.4, -0.2) is 28.5 Å². The summed E-state index contributed by atoms with van der Waals surface area (Å²) in [4.78, 5) is 4.05. The van der Waals surface area contributed by atoms with E-state index in [1.165, 1.54) is 0 Å². The zero-order valence-corrected chi connectivity index (χ0v) is 10.9. The zero-order chi connectivity index (χ0) is 13.7. The second-order valence-corrected chi connectivity index (χ2v) is 3.70. The molecule has 0 aliphatic carbocycles. The van der Waals surface area contributed by atoms with Gasteiger partial charge in [-0.1, -0.05) is 5.16 Å². The third kappa shape index (κ3) is 3.03. The summed E-state index contributed by atoms with van der Waals surface area (Å²) in [6, 6.07) is 5.39. The lowest BCUT2D eigenvalue weighted by atomic mass is 10.2. The van der Waals surface area contributed by atoms with Crippen molar-refractivity contribution >= 4 is 0 Å². The number of hydrogen-bond acceptors (Lipinski definition) is 6. The summed E-state index contributed by atoms with van der Waals surface area (Å²) < 4.78 is 16.1. The van der Waals surface area contributed by atoms with Gasteiger partial charge in [-0.05, 0) is 32.0 Å². The Bertz CT molecular complexity index is 539. The number of hydrogen-bond donors (Lipinski definition) is 1. The van der Waals surface area contributed by atoms with Gasteiger partial charge in [0.1, 0.15) is 6.61 Å². The van der Waals surface area contributed by atoms with E-state index in [2.05, 4.69) is 10.1 Å². The van der Waals surface area contributed by atoms with E-state index in [-0.39, 0.29) is 12.4 Å². The Morgan fingerprint density at radius 1 is 1.16 bits per heavy atom. The maximum Gasteiger partial charge on any atom is 0.258 e. The molecule has 102 valence electrons. The Balaban J connectivity index is 2.33. The first-order valence-corrected chi connectivity index (χ1v) is 6.12. The van der Waals surface area contributed by atoms with E-state index >= 15 is 0 Å². The lowest BCUT2D eigenvalue weighted by Crippen LogP contribution is -1.98. The van der Waals surface area contributed by atoms with E-state index in [0.29, 0.717) is 30.6 Å². The van der Waals surface area contributed by atoms with Gasteiger partial charge in [0.2, 0.25) is 0 Å². The van der Waals surface area contributed by atoms with E-state index in [9.17, 15) is 0 Å². The molecule has 1 aromatic carbocycles. The summed E-state index contributed by atoms with van der Waals surface area (Å²) in [5, 5.41) is 12.6. The normalized spacial score (nSPS) is 10.5. The number of benzene rings is 1. The van der Waals surface area contributed by atoms with Crippen LogP contribution in [0.2, 0.25) is 0 Å². The monoisotopic (exact) mass is 264 g/mol. The van der Waals surface area contributed by atoms with Gasteiger partial charge >= 0.3 is 0 Å². The summed E-state index contributed by atoms with van der Waals surface area (Å²) in [5.41, 5.74) is 0.721. The van der Waals surface area contributed by atoms with E-state index in [0.717, 1.165) is 5.56 Å². The number of aliphatic hydroxyl groups is 1. The Morgan fingerprint density at radius 2 is 1.89 bits per heavy atom. The lowest BCUT2D eigenvalue weighted by Gasteiger charge is -2.11. The molecule has 1 aromatic heterocycles. The van der Waals surface area contributed by atoms with Crippen molar-refractivity contribution in [3.05, 3.63) is 24.0 Å². The molecule has 6 nitrogen and oxygen atoms in total. The van der Waals surface area contributed by atoms with Crippen LogP contribution in [0.15, 0.2) is 22.7 Å². The van der Waals surface area contributed by atoms with Crippen molar-refractivity contribution in [2.45, 2.75) is 20.5 Å². The van der Waals surface area contributed by atoms with Crippen LogP contribution in [0.3, 0.4) is 0 Å². The summed E-state index contributed by atoms with van der Waals surface area (Å²) in [6.07, 6.45) is 0. The highest BCUT2D eigenvalue weighted by Gasteiger charge is 2.12. The van der Waals surface area contributed by atoms with E-state index in [1.807, 2.05) is 19.9 Å². The number of rotatable bonds is 6. The summed E-state index contributed by atoms with van der Waals surface area (Å²) >= 11 is 0. The molecule has 0 aliphatic heterocycles. The smallest absolute Gasteiger partial charge is 0.258 e. The highest BCUT2D eigenvalue weighted by Crippen LogP contribution is 2.32. The van der Waals surface area contributed by atoms with Gasteiger partial charge in [-0.15, -0.1) is 0 Å². The van der Waals surface area contributed by atoms with Gasteiger partial charge in [0.25, 0.3) is 5.89 Å². The molecule has 0 aliphatic rings. The quantitative estimate of drug-likeness (QED) is 0.860. The average Bonchev–Trinajstić information content (AvgIpc) is 2.90. The predicted molar refractivity (Wildman–Crippen MR) is 68.0 cm³/mol. The highest BCUT2D eigenvalue weighted by atomic mass is 16.5. The number of ether oxygens (including phenoxy) is 2. The first-order valence-electron chi connectivity index (χ1n) is 6.12. The minimum atomic E-state index is -0.251. The number of aliphatic hydroxyl groups excluding tert-OH is 1. The highest BCUT2D eigenvalue weighted by molar-refractivity contribution is 5.59. The van der Waals surface area contributed by atoms with Crippen molar-refractivity contribution in [3.63, 3.8) is 0 Å². The fraction of sp³-hybridized carbons (Fsp3) is 0.385. The van der Waals surface area contributed by atoms with Crippen molar-refractivity contribution in [1.82, 2.24) is 10.1 Å². The van der Waals surface area contributed by atoms with Crippen molar-refractivity contribution in [2.75, 3.05) is 13.2 Å². The molecule has 6 heteroatoms. The molecule has 0 fully saturated rings. The number of nitrogens with zero attached hydrogens (tertiary/aromatic N) is 2. The maximum atomic E-state index is 8.92. The van der Waals surface area contributed by atoms with E-state index in [4.69, 9.17) is 19.1 Å². The van der Waals surface area contributed by atoms with Gasteiger partial charge in [0.15, 0.2) is 17.3 Å². The largest absolute Gasteiger partial charge is 0.490 e. The topological polar surface area (TPSA) is 77.6 Å². The molecule has 0 unspecified atom stereocenters. The van der Waals surface area contributed by atoms with Gasteiger partial charge in [-0.2, -0.15) is 4.98 Å². The van der Waals surface area contributed by atoms with Gasteiger partial charge in [-0.3, -0.25) is 0 Å². The summed E-state index contributed by atoms with van der Waals surface area (Å²) in [6.45, 7) is 4.66. The zero-order valence-electron chi connectivity index (χ0n) is 10.9. The van der Waals surface area contributed by atoms with Crippen molar-refractivity contribution in [3.8, 4) is 23.0 Å². The van der Waals surface area contributed by atoms with Crippen LogP contribution < -0.4 is 9.47 Å². The van der Waals surface area contributed by atoms with Crippen LogP contribution in [0.4, 0.5) is 0 Å². The van der Waals surface area contributed by atoms with E-state index in [1.54, 1.807) is 12.1 Å². The van der Waals surface area contributed by atoms with Gasteiger partial charge in [0.05, 0.1) is 13.2 Å². The van der Waals surface area contributed by atoms with E-state index < -0.39 is 0 Å². The van der Waals surface area contributed by atoms with Crippen LogP contribution in [0, 0.1) is 0 Å². The lowest BCUT2D eigenvalue weighted by molar-refractivity contribution is 0.264. The first kappa shape index (κ1) is 13.4. The average molecular weight is 264 g/mol. The molecule has 2 aromatic rings. The molecule has 0 saturated carbocycles. The molecule has 1 heterocycles. The Hall–Kier alpha value is -2.08. The number of aromatic nitrogens is 2. The van der Waals surface area contributed by atoms with Crippen molar-refractivity contribution < 1.29 is 19.1 Å². The third-order valence-corrected chi connectivity index (χ3v) is 2.40. The van der Waals surface area contributed by atoms with Gasteiger partial charge in [-0.25, -0.2) is 0 Å². The van der Waals surface area contributed by atoms with Crippen molar-refractivity contribution in [2.24, 2.45) is 0 Å². The minimum Gasteiger partial charge on any atom is -0.490 e. The predicted octanol–water partition coefficient (Wildman–Crippen LogP) is 2.03. The van der Waals surface area contributed by atoms with Crippen LogP contribution in [0.5, 0.6) is 11.5 Å². The molecule has 0 amide bonds. The fourth-order valence-corrected chi connectivity index (χ4v) is 1.62. The molecule has 0 atom stereocenters. The minimum absolute atomic E-state index is 0.251. The Labute approximate surface area is 111 Å². The molecule has 0 spiro atoms. The molecule has 1 N–H and O–H groups in total. The van der Waals surface area contributed by atoms with Crippen LogP contribution in [0.1, 0.15) is 19.7 Å². The molecule has 2 rings (SSSR count). The second-order valence-electron chi connectivity index (χ2n) is 3.70. The van der Waals surface area contributed by atoms with Crippen molar-refractivity contribution in [1.29, 1.82) is 0 Å². The first-order chi connectivity index (χ1) is 9.28. The van der Waals surface area contributed by atoms with Gasteiger partial charge in [0, 0.05) is 5.56 Å². The van der Waals surface area contributed by atoms with Crippen LogP contribution >= 0.6 is 0 Å². The second kappa shape index (κ2) is 6.19. The SMILES string of the molecule is CCOc1ccc(-c2nc(CO)no2)cc1OCC. The molecular formula is C13H16N2O4. The molecule has 0 radical (unpaired) electrons. The summed E-state index contributed by atoms with van der Waals surface area (Å²) in [5.74, 6) is 1.90. The third-order valence-electron chi connectivity index (χ3n) is 2.40. The van der Waals surface area contributed by atoms with Crippen LogP contribution in [0.25, 0.3) is 11.5 Å². The fourth-order valence-electron chi connectivity index (χ4n) is 1.62. The maximum absolute atomic E-state index is 8.92. The molecular weight excluding hydrogens is 248 g/mol. The van der Waals surface area contributed by atoms with Gasteiger partial charge < -0.3 is 19.1 Å². The Kier molecular flexibility index (Phi) is 4.35. The standard InChI is InChI=1S/C13H16N2O4/c1-3-17-10-6-5-9(7-11(10)18-4-2)13-14-12(8-16)15-19-13/h5-7,16H,3-4,8H2,1-2H3. The molecule has 0 saturated heterocycles. The summed E-state index contributed by atoms with van der Waals surface area (Å²) in [7, 11) is 0. The molecule has 19 heavy (non-hydrogen) atoms. The van der Waals surface area contributed by atoms with Crippen LogP contribution in [-0.2, 0) is 6.61 Å².